The molecule has 0 spiro atoms. The first kappa shape index (κ1) is 12.9. The lowest BCUT2D eigenvalue weighted by Crippen LogP contribution is -2.27. The van der Waals surface area contributed by atoms with E-state index in [1.807, 2.05) is 0 Å². The topological polar surface area (TPSA) is 64.3 Å². The van der Waals surface area contributed by atoms with Crippen LogP contribution in [0.1, 0.15) is 10.4 Å². The number of nitrogens with one attached hydrogen (secondary N) is 1. The quantitative estimate of drug-likeness (QED) is 0.653. The van der Waals surface area contributed by atoms with Gasteiger partial charge in [0.05, 0.1) is 17.9 Å². The second kappa shape index (κ2) is 5.81. The van der Waals surface area contributed by atoms with Crippen molar-refractivity contribution in [1.29, 1.82) is 0 Å². The number of nitrogens with two attached hydrogens (primary N) is 1. The highest BCUT2D eigenvalue weighted by molar-refractivity contribution is 9.10. The molecule has 6 heteroatoms. The van der Waals surface area contributed by atoms with E-state index in [4.69, 9.17) is 10.5 Å². The van der Waals surface area contributed by atoms with Gasteiger partial charge in [0, 0.05) is 18.1 Å². The van der Waals surface area contributed by atoms with Crippen molar-refractivity contribution in [3.05, 3.63) is 28.0 Å². The lowest BCUT2D eigenvalue weighted by molar-refractivity contribution is 0.0936. The van der Waals surface area contributed by atoms with E-state index >= 15 is 0 Å². The van der Waals surface area contributed by atoms with Crippen LogP contribution in [-0.4, -0.2) is 26.2 Å². The summed E-state index contributed by atoms with van der Waals surface area (Å²) in [5.41, 5.74) is 5.63. The van der Waals surface area contributed by atoms with Crippen LogP contribution in [0.5, 0.6) is 0 Å². The number of anilines is 1. The molecule has 3 N–H and O–H groups in total. The average Bonchev–Trinajstić information content (AvgIpc) is 2.23. The van der Waals surface area contributed by atoms with Crippen LogP contribution in [0, 0.1) is 5.82 Å². The fraction of sp³-hybridized carbons (Fsp3) is 0.300. The van der Waals surface area contributed by atoms with Gasteiger partial charge in [-0.2, -0.15) is 0 Å². The molecule has 0 aliphatic rings. The Bertz CT molecular complexity index is 399. The SMILES string of the molecule is COCCNC(=O)c1cc(N)c(F)cc1Br. The number of hydrogen-bond acceptors (Lipinski definition) is 3. The highest BCUT2D eigenvalue weighted by atomic mass is 79.9. The van der Waals surface area contributed by atoms with Gasteiger partial charge in [0.1, 0.15) is 5.82 Å². The van der Waals surface area contributed by atoms with Gasteiger partial charge in [0.15, 0.2) is 0 Å². The Morgan fingerprint density at radius 3 is 2.94 bits per heavy atom. The number of amides is 1. The highest BCUT2D eigenvalue weighted by Crippen LogP contribution is 2.22. The van der Waals surface area contributed by atoms with Gasteiger partial charge in [0.25, 0.3) is 5.91 Å². The summed E-state index contributed by atoms with van der Waals surface area (Å²) >= 11 is 3.10. The van der Waals surface area contributed by atoms with Crippen LogP contribution in [0.15, 0.2) is 16.6 Å². The number of methoxy groups -OCH3 is 1. The van der Waals surface area contributed by atoms with E-state index in [9.17, 15) is 9.18 Å². The van der Waals surface area contributed by atoms with E-state index in [0.717, 1.165) is 0 Å². The van der Waals surface area contributed by atoms with E-state index in [0.29, 0.717) is 23.2 Å². The van der Waals surface area contributed by atoms with Crippen LogP contribution < -0.4 is 11.1 Å². The molecule has 0 saturated carbocycles. The molecule has 0 aliphatic carbocycles. The number of halogens is 2. The molecule has 0 radical (unpaired) electrons. The fourth-order valence-electron chi connectivity index (χ4n) is 1.10. The second-order valence-corrected chi connectivity index (χ2v) is 3.96. The van der Waals surface area contributed by atoms with Gasteiger partial charge in [0.2, 0.25) is 0 Å². The molecule has 0 fully saturated rings. The van der Waals surface area contributed by atoms with Crippen molar-refractivity contribution in [1.82, 2.24) is 5.32 Å². The first-order chi connectivity index (χ1) is 7.56. The Morgan fingerprint density at radius 1 is 1.62 bits per heavy atom. The number of benzene rings is 1. The van der Waals surface area contributed by atoms with E-state index in [1.165, 1.54) is 19.2 Å². The number of carbonyl (C=O) groups is 1. The van der Waals surface area contributed by atoms with Gasteiger partial charge in [-0.1, -0.05) is 0 Å². The van der Waals surface area contributed by atoms with Crippen LogP contribution in [0.2, 0.25) is 0 Å². The predicted molar refractivity (Wildman–Crippen MR) is 62.7 cm³/mol. The normalized spacial score (nSPS) is 10.2. The maximum atomic E-state index is 13.0. The Balaban J connectivity index is 2.79. The molecule has 0 unspecified atom stereocenters. The summed E-state index contributed by atoms with van der Waals surface area (Å²) in [5, 5.41) is 2.62. The molecular weight excluding hydrogens is 279 g/mol. The fourth-order valence-corrected chi connectivity index (χ4v) is 1.60. The molecule has 1 aromatic carbocycles. The van der Waals surface area contributed by atoms with E-state index in [-0.39, 0.29) is 11.6 Å². The van der Waals surface area contributed by atoms with Gasteiger partial charge in [-0.25, -0.2) is 4.39 Å². The Labute approximate surface area is 101 Å². The maximum Gasteiger partial charge on any atom is 0.252 e. The summed E-state index contributed by atoms with van der Waals surface area (Å²) < 4.78 is 18.2. The molecule has 0 heterocycles. The summed E-state index contributed by atoms with van der Waals surface area (Å²) in [4.78, 5) is 11.6. The Kier molecular flexibility index (Phi) is 4.70. The summed E-state index contributed by atoms with van der Waals surface area (Å²) in [6.07, 6.45) is 0. The summed E-state index contributed by atoms with van der Waals surface area (Å²) in [6.45, 7) is 0.805. The summed E-state index contributed by atoms with van der Waals surface area (Å²) in [5.74, 6) is -0.879. The van der Waals surface area contributed by atoms with E-state index in [2.05, 4.69) is 21.2 Å². The first-order valence-electron chi connectivity index (χ1n) is 4.58. The maximum absolute atomic E-state index is 13.0. The van der Waals surface area contributed by atoms with Crippen LogP contribution >= 0.6 is 15.9 Å². The lowest BCUT2D eigenvalue weighted by atomic mass is 10.2. The minimum Gasteiger partial charge on any atom is -0.396 e. The minimum atomic E-state index is -0.555. The van der Waals surface area contributed by atoms with Crippen molar-refractivity contribution in [2.24, 2.45) is 0 Å². The molecule has 1 amide bonds. The Morgan fingerprint density at radius 2 is 2.31 bits per heavy atom. The van der Waals surface area contributed by atoms with Crippen molar-refractivity contribution in [2.75, 3.05) is 26.0 Å². The number of ether oxygens (including phenoxy) is 1. The lowest BCUT2D eigenvalue weighted by Gasteiger charge is -2.07. The first-order valence-corrected chi connectivity index (χ1v) is 5.37. The van der Waals surface area contributed by atoms with Crippen molar-refractivity contribution >= 4 is 27.5 Å². The molecule has 0 bridgehead atoms. The molecule has 1 rings (SSSR count). The van der Waals surface area contributed by atoms with Crippen LogP contribution in [-0.2, 0) is 4.74 Å². The third kappa shape index (κ3) is 3.18. The number of hydrogen-bond donors (Lipinski definition) is 2. The molecule has 0 aliphatic heterocycles. The molecule has 0 saturated heterocycles. The second-order valence-electron chi connectivity index (χ2n) is 3.10. The zero-order chi connectivity index (χ0) is 12.1. The van der Waals surface area contributed by atoms with Gasteiger partial charge < -0.3 is 15.8 Å². The van der Waals surface area contributed by atoms with Crippen molar-refractivity contribution in [3.8, 4) is 0 Å². The monoisotopic (exact) mass is 290 g/mol. The smallest absolute Gasteiger partial charge is 0.252 e. The molecule has 88 valence electrons. The predicted octanol–water partition coefficient (Wildman–Crippen LogP) is 1.55. The van der Waals surface area contributed by atoms with Crippen LogP contribution in [0.25, 0.3) is 0 Å². The molecule has 16 heavy (non-hydrogen) atoms. The minimum absolute atomic E-state index is 0.0555. The van der Waals surface area contributed by atoms with Gasteiger partial charge >= 0.3 is 0 Å². The van der Waals surface area contributed by atoms with Gasteiger partial charge in [-0.3, -0.25) is 4.79 Å². The van der Waals surface area contributed by atoms with Gasteiger partial charge in [-0.05, 0) is 28.1 Å². The average molecular weight is 291 g/mol. The molecule has 0 atom stereocenters. The summed E-state index contributed by atoms with van der Waals surface area (Å²) in [6, 6.07) is 2.46. The molecular formula is C10H12BrFN2O2. The summed E-state index contributed by atoms with van der Waals surface area (Å²) in [7, 11) is 1.54. The van der Waals surface area contributed by atoms with Gasteiger partial charge in [-0.15, -0.1) is 0 Å². The highest BCUT2D eigenvalue weighted by Gasteiger charge is 2.12. The standard InChI is InChI=1S/C10H12BrFN2O2/c1-16-3-2-14-10(15)6-4-9(13)8(12)5-7(6)11/h4-5H,2-3,13H2,1H3,(H,14,15). The largest absolute Gasteiger partial charge is 0.396 e. The number of nitrogen functional groups attached to an aromatic ring is 1. The number of rotatable bonds is 4. The zero-order valence-electron chi connectivity index (χ0n) is 8.72. The molecule has 1 aromatic rings. The Hall–Kier alpha value is -1.14. The van der Waals surface area contributed by atoms with Crippen LogP contribution in [0.3, 0.4) is 0 Å². The van der Waals surface area contributed by atoms with Crippen molar-refractivity contribution < 1.29 is 13.9 Å². The van der Waals surface area contributed by atoms with E-state index < -0.39 is 5.82 Å². The van der Waals surface area contributed by atoms with Crippen molar-refractivity contribution in [2.45, 2.75) is 0 Å². The van der Waals surface area contributed by atoms with E-state index in [1.54, 1.807) is 0 Å². The number of carbonyl (C=O) groups excluding carboxylic acids is 1. The van der Waals surface area contributed by atoms with Crippen molar-refractivity contribution in [3.63, 3.8) is 0 Å². The van der Waals surface area contributed by atoms with Crippen LogP contribution in [0.4, 0.5) is 10.1 Å². The third-order valence-electron chi connectivity index (χ3n) is 1.92. The zero-order valence-corrected chi connectivity index (χ0v) is 10.3. The molecule has 4 nitrogen and oxygen atoms in total. The third-order valence-corrected chi connectivity index (χ3v) is 2.58. The molecule has 0 aromatic heterocycles.